The number of benzene rings is 1. The van der Waals surface area contributed by atoms with Gasteiger partial charge in [0.15, 0.2) is 5.82 Å². The number of sulfonamides is 1. The predicted molar refractivity (Wildman–Crippen MR) is 109 cm³/mol. The normalized spacial score (nSPS) is 16.4. The maximum absolute atomic E-state index is 12.7. The zero-order valence-electron chi connectivity index (χ0n) is 16.0. The van der Waals surface area contributed by atoms with Crippen LogP contribution in [0.4, 0.5) is 0 Å². The molecule has 1 fully saturated rings. The molecule has 0 spiro atoms. The Hall–Kier alpha value is -1.68. The fourth-order valence-corrected chi connectivity index (χ4v) is 4.77. The lowest BCUT2D eigenvalue weighted by molar-refractivity contribution is 0.289. The molecule has 28 heavy (non-hydrogen) atoms. The van der Waals surface area contributed by atoms with Crippen molar-refractivity contribution in [1.82, 2.24) is 19.5 Å². The first-order chi connectivity index (χ1) is 13.0. The largest absolute Gasteiger partial charge is 0.486 e. The van der Waals surface area contributed by atoms with Gasteiger partial charge in [-0.25, -0.2) is 18.1 Å². The highest BCUT2D eigenvalue weighted by molar-refractivity contribution is 7.89. The number of hydrogen-bond donors (Lipinski definition) is 2. The summed E-state index contributed by atoms with van der Waals surface area (Å²) in [5.74, 6) is 1.57. The van der Waals surface area contributed by atoms with Crippen LogP contribution in [0.25, 0.3) is 0 Å². The minimum atomic E-state index is -3.61. The number of aryl methyl sites for hydroxylation is 1. The van der Waals surface area contributed by atoms with E-state index >= 15 is 0 Å². The van der Waals surface area contributed by atoms with Crippen molar-refractivity contribution >= 4 is 22.4 Å². The maximum atomic E-state index is 12.7. The van der Waals surface area contributed by atoms with Gasteiger partial charge in [-0.2, -0.15) is 5.10 Å². The quantitative estimate of drug-likeness (QED) is 0.663. The van der Waals surface area contributed by atoms with Gasteiger partial charge in [0.25, 0.3) is 0 Å². The average Bonchev–Trinajstić information content (AvgIpc) is 3.10. The molecule has 0 radical (unpaired) electrons. The van der Waals surface area contributed by atoms with Crippen LogP contribution in [0.2, 0.25) is 0 Å². The summed E-state index contributed by atoms with van der Waals surface area (Å²) in [4.78, 5) is 4.29. The van der Waals surface area contributed by atoms with E-state index in [1.807, 2.05) is 0 Å². The summed E-state index contributed by atoms with van der Waals surface area (Å²) in [5.41, 5.74) is 5.85. The molecule has 1 unspecified atom stereocenters. The number of nitrogens with two attached hydrogens (primary N) is 1. The molecule has 0 amide bonds. The molecule has 1 heterocycles. The Morgan fingerprint density at radius 2 is 1.93 bits per heavy atom. The summed E-state index contributed by atoms with van der Waals surface area (Å²) in [6, 6.07) is 6.15. The zero-order chi connectivity index (χ0) is 19.3. The Kier molecular flexibility index (Phi) is 8.23. The molecule has 1 aliphatic carbocycles. The number of hydrogen-bond acceptors (Lipinski definition) is 6. The molecule has 3 N–H and O–H groups in total. The zero-order valence-corrected chi connectivity index (χ0v) is 17.6. The standard InChI is InChI=1S/C18H27N5O3S.ClH/c1-23-18(20-13-21-23)12-26-15-7-9-16(10-8-15)27(24,25)22-17(11-19)14-5-3-2-4-6-14;/h7-10,13-14,17,22H,2-6,11-12,19H2,1H3;1H. The van der Waals surface area contributed by atoms with Crippen LogP contribution in [0.15, 0.2) is 35.5 Å². The Balaban J connectivity index is 0.00000280. The number of rotatable bonds is 8. The Morgan fingerprint density at radius 3 is 2.50 bits per heavy atom. The van der Waals surface area contributed by atoms with Gasteiger partial charge in [0.05, 0.1) is 4.90 Å². The predicted octanol–water partition coefficient (Wildman–Crippen LogP) is 2.00. The van der Waals surface area contributed by atoms with Crippen LogP contribution in [0.1, 0.15) is 37.9 Å². The van der Waals surface area contributed by atoms with E-state index in [-0.39, 0.29) is 30.0 Å². The monoisotopic (exact) mass is 429 g/mol. The first kappa shape index (κ1) is 22.6. The van der Waals surface area contributed by atoms with Crippen molar-refractivity contribution in [1.29, 1.82) is 0 Å². The van der Waals surface area contributed by atoms with Crippen molar-refractivity contribution < 1.29 is 13.2 Å². The number of nitrogens with one attached hydrogen (secondary N) is 1. The molecule has 8 nitrogen and oxygen atoms in total. The molecule has 1 saturated carbocycles. The van der Waals surface area contributed by atoms with Crippen LogP contribution in [-0.4, -0.2) is 35.8 Å². The highest BCUT2D eigenvalue weighted by Gasteiger charge is 2.27. The molecule has 156 valence electrons. The number of nitrogens with zero attached hydrogens (tertiary/aromatic N) is 3. The van der Waals surface area contributed by atoms with Gasteiger partial charge < -0.3 is 10.5 Å². The molecular weight excluding hydrogens is 402 g/mol. The summed E-state index contributed by atoms with van der Waals surface area (Å²) in [7, 11) is -1.83. The Morgan fingerprint density at radius 1 is 1.25 bits per heavy atom. The minimum absolute atomic E-state index is 0. The molecule has 3 rings (SSSR count). The molecule has 1 aromatic carbocycles. The molecule has 1 aliphatic rings. The topological polar surface area (TPSA) is 112 Å². The van der Waals surface area contributed by atoms with Crippen molar-refractivity contribution in [3.8, 4) is 5.75 Å². The minimum Gasteiger partial charge on any atom is -0.486 e. The lowest BCUT2D eigenvalue weighted by atomic mass is 9.84. The lowest BCUT2D eigenvalue weighted by Crippen LogP contribution is -2.45. The van der Waals surface area contributed by atoms with Gasteiger partial charge in [-0.3, -0.25) is 4.68 Å². The summed E-state index contributed by atoms with van der Waals surface area (Å²) in [6.45, 7) is 0.570. The third-order valence-corrected chi connectivity index (χ3v) is 6.59. The van der Waals surface area contributed by atoms with E-state index < -0.39 is 10.0 Å². The van der Waals surface area contributed by atoms with Crippen molar-refractivity contribution in [2.45, 2.75) is 49.6 Å². The lowest BCUT2D eigenvalue weighted by Gasteiger charge is -2.29. The smallest absolute Gasteiger partial charge is 0.240 e. The van der Waals surface area contributed by atoms with Crippen LogP contribution < -0.4 is 15.2 Å². The first-order valence-corrected chi connectivity index (χ1v) is 10.8. The Bertz CT molecular complexity index is 835. The van der Waals surface area contributed by atoms with Crippen LogP contribution in [0.5, 0.6) is 5.75 Å². The fourth-order valence-electron chi connectivity index (χ4n) is 3.45. The number of halogens is 1. The molecule has 1 atom stereocenters. The molecule has 10 heteroatoms. The van der Waals surface area contributed by atoms with E-state index in [1.54, 1.807) is 36.0 Å². The maximum Gasteiger partial charge on any atom is 0.240 e. The van der Waals surface area contributed by atoms with Gasteiger partial charge in [-0.1, -0.05) is 19.3 Å². The third-order valence-electron chi connectivity index (χ3n) is 5.09. The van der Waals surface area contributed by atoms with E-state index in [2.05, 4.69) is 14.8 Å². The van der Waals surface area contributed by atoms with E-state index in [0.29, 0.717) is 24.0 Å². The summed E-state index contributed by atoms with van der Waals surface area (Å²) in [6.07, 6.45) is 7.01. The second kappa shape index (κ2) is 10.2. The highest BCUT2D eigenvalue weighted by atomic mass is 35.5. The fraction of sp³-hybridized carbons (Fsp3) is 0.556. The first-order valence-electron chi connectivity index (χ1n) is 9.28. The molecule has 0 saturated heterocycles. The van der Waals surface area contributed by atoms with Gasteiger partial charge in [0.2, 0.25) is 10.0 Å². The van der Waals surface area contributed by atoms with Gasteiger partial charge in [-0.15, -0.1) is 12.4 Å². The molecule has 1 aromatic heterocycles. The summed E-state index contributed by atoms with van der Waals surface area (Å²) >= 11 is 0. The molecule has 0 bridgehead atoms. The van der Waals surface area contributed by atoms with E-state index in [9.17, 15) is 8.42 Å². The molecule has 0 aliphatic heterocycles. The van der Waals surface area contributed by atoms with Gasteiger partial charge >= 0.3 is 0 Å². The van der Waals surface area contributed by atoms with Crippen molar-refractivity contribution in [3.05, 3.63) is 36.4 Å². The second-order valence-electron chi connectivity index (χ2n) is 6.92. The van der Waals surface area contributed by atoms with Crippen molar-refractivity contribution in [2.24, 2.45) is 18.7 Å². The number of ether oxygens (including phenoxy) is 1. The van der Waals surface area contributed by atoms with Gasteiger partial charge in [-0.05, 0) is 43.0 Å². The van der Waals surface area contributed by atoms with Crippen molar-refractivity contribution in [3.63, 3.8) is 0 Å². The summed E-state index contributed by atoms with van der Waals surface area (Å²) in [5, 5.41) is 3.98. The van der Waals surface area contributed by atoms with Gasteiger partial charge in [0, 0.05) is 19.6 Å². The van der Waals surface area contributed by atoms with Gasteiger partial charge in [0.1, 0.15) is 18.7 Å². The SMILES string of the molecule is Cl.Cn1ncnc1COc1ccc(S(=O)(=O)NC(CN)C2CCCCC2)cc1. The average molecular weight is 430 g/mol. The van der Waals surface area contributed by atoms with E-state index in [4.69, 9.17) is 10.5 Å². The van der Waals surface area contributed by atoms with E-state index in [1.165, 1.54) is 12.7 Å². The molecule has 2 aromatic rings. The third kappa shape index (κ3) is 5.66. The summed E-state index contributed by atoms with van der Waals surface area (Å²) < 4.78 is 35.5. The van der Waals surface area contributed by atoms with Crippen LogP contribution >= 0.6 is 12.4 Å². The molecular formula is C18H28ClN5O3S. The number of aromatic nitrogens is 3. The second-order valence-corrected chi connectivity index (χ2v) is 8.64. The van der Waals surface area contributed by atoms with E-state index in [0.717, 1.165) is 25.7 Å². The van der Waals surface area contributed by atoms with Crippen molar-refractivity contribution in [2.75, 3.05) is 6.54 Å². The highest BCUT2D eigenvalue weighted by Crippen LogP contribution is 2.27. The van der Waals surface area contributed by atoms with Crippen LogP contribution in [0, 0.1) is 5.92 Å². The van der Waals surface area contributed by atoms with Crippen LogP contribution in [-0.2, 0) is 23.7 Å². The Labute approximate surface area is 172 Å². The van der Waals surface area contributed by atoms with Crippen LogP contribution in [0.3, 0.4) is 0 Å².